The Labute approximate surface area is 88.4 Å². The number of halogens is 3. The van der Waals surface area contributed by atoms with Crippen LogP contribution in [0, 0.1) is 0 Å². The molecule has 1 amide bonds. The predicted octanol–water partition coefficient (Wildman–Crippen LogP) is 1.10. The van der Waals surface area contributed by atoms with E-state index in [-0.39, 0.29) is 5.56 Å². The standard InChI is InChI=1S/C9H8F3NO3/c10-9(11,12)16-6-4-2-1-3-5(6)7(14)8(13)15/h1-4,7,14H,(H2,13,15). The molecule has 0 aromatic heterocycles. The van der Waals surface area contributed by atoms with Gasteiger partial charge in [-0.25, -0.2) is 0 Å². The Hall–Kier alpha value is -1.76. The maximum atomic E-state index is 12.0. The third-order valence-corrected chi connectivity index (χ3v) is 1.71. The summed E-state index contributed by atoms with van der Waals surface area (Å²) in [6.45, 7) is 0. The zero-order valence-corrected chi connectivity index (χ0v) is 7.86. The molecule has 0 aliphatic heterocycles. The first-order valence-electron chi connectivity index (χ1n) is 4.13. The highest BCUT2D eigenvalue weighted by Crippen LogP contribution is 2.29. The highest BCUT2D eigenvalue weighted by molar-refractivity contribution is 5.80. The Morgan fingerprint density at radius 1 is 1.38 bits per heavy atom. The lowest BCUT2D eigenvalue weighted by Crippen LogP contribution is -2.23. The van der Waals surface area contributed by atoms with E-state index in [1.807, 2.05) is 0 Å². The van der Waals surface area contributed by atoms with Crippen molar-refractivity contribution in [1.29, 1.82) is 0 Å². The van der Waals surface area contributed by atoms with E-state index in [4.69, 9.17) is 5.73 Å². The summed E-state index contributed by atoms with van der Waals surface area (Å²) >= 11 is 0. The van der Waals surface area contributed by atoms with E-state index in [0.29, 0.717) is 0 Å². The Morgan fingerprint density at radius 3 is 2.44 bits per heavy atom. The second kappa shape index (κ2) is 4.40. The minimum atomic E-state index is -4.90. The Bertz CT molecular complexity index is 392. The molecule has 0 bridgehead atoms. The first-order valence-corrected chi connectivity index (χ1v) is 4.13. The molecule has 0 aliphatic rings. The van der Waals surface area contributed by atoms with Crippen LogP contribution in [0.2, 0.25) is 0 Å². The van der Waals surface area contributed by atoms with Crippen LogP contribution in [-0.2, 0) is 4.79 Å². The largest absolute Gasteiger partial charge is 0.573 e. The normalized spacial score (nSPS) is 13.2. The van der Waals surface area contributed by atoms with Crippen LogP contribution in [0.3, 0.4) is 0 Å². The van der Waals surface area contributed by atoms with Gasteiger partial charge in [0.15, 0.2) is 6.10 Å². The number of carbonyl (C=O) groups excluding carboxylic acids is 1. The smallest absolute Gasteiger partial charge is 0.405 e. The Balaban J connectivity index is 3.05. The van der Waals surface area contributed by atoms with Gasteiger partial charge in [0.2, 0.25) is 0 Å². The Kier molecular flexibility index (Phi) is 3.38. The van der Waals surface area contributed by atoms with Crippen LogP contribution in [0.15, 0.2) is 24.3 Å². The van der Waals surface area contributed by atoms with Crippen LogP contribution in [0.5, 0.6) is 5.75 Å². The number of primary amides is 1. The first-order chi connectivity index (χ1) is 7.31. The zero-order chi connectivity index (χ0) is 12.3. The number of ether oxygens (including phenoxy) is 1. The van der Waals surface area contributed by atoms with Gasteiger partial charge in [0.25, 0.3) is 5.91 Å². The van der Waals surface area contributed by atoms with Gasteiger partial charge in [-0.1, -0.05) is 18.2 Å². The molecule has 0 fully saturated rings. The number of benzene rings is 1. The number of hydrogen-bond acceptors (Lipinski definition) is 3. The molecule has 1 rings (SSSR count). The van der Waals surface area contributed by atoms with Gasteiger partial charge in [0, 0.05) is 5.56 Å². The molecular weight excluding hydrogens is 227 g/mol. The van der Waals surface area contributed by atoms with Crippen molar-refractivity contribution in [2.24, 2.45) is 5.73 Å². The highest BCUT2D eigenvalue weighted by Gasteiger charge is 2.33. The third-order valence-electron chi connectivity index (χ3n) is 1.71. The second-order valence-corrected chi connectivity index (χ2v) is 2.89. The molecule has 1 aromatic rings. The molecule has 0 radical (unpaired) electrons. The molecule has 0 saturated heterocycles. The van der Waals surface area contributed by atoms with Crippen LogP contribution in [0.4, 0.5) is 13.2 Å². The van der Waals surface area contributed by atoms with Crippen molar-refractivity contribution in [3.63, 3.8) is 0 Å². The predicted molar refractivity (Wildman–Crippen MR) is 47.3 cm³/mol. The van der Waals surface area contributed by atoms with E-state index in [0.717, 1.165) is 12.1 Å². The number of nitrogens with two attached hydrogens (primary N) is 1. The van der Waals surface area contributed by atoms with Gasteiger partial charge in [-0.2, -0.15) is 0 Å². The molecule has 16 heavy (non-hydrogen) atoms. The lowest BCUT2D eigenvalue weighted by molar-refractivity contribution is -0.275. The number of aliphatic hydroxyl groups excluding tert-OH is 1. The quantitative estimate of drug-likeness (QED) is 0.824. The van der Waals surface area contributed by atoms with Crippen molar-refractivity contribution >= 4 is 5.91 Å². The summed E-state index contributed by atoms with van der Waals surface area (Å²) < 4.78 is 39.5. The summed E-state index contributed by atoms with van der Waals surface area (Å²) in [6, 6.07) is 4.73. The van der Waals surface area contributed by atoms with Crippen molar-refractivity contribution in [2.45, 2.75) is 12.5 Å². The number of amides is 1. The summed E-state index contributed by atoms with van der Waals surface area (Å²) in [5, 5.41) is 9.25. The van der Waals surface area contributed by atoms with Gasteiger partial charge in [0.1, 0.15) is 5.75 Å². The van der Waals surface area contributed by atoms with Crippen LogP contribution in [-0.4, -0.2) is 17.4 Å². The van der Waals surface area contributed by atoms with Crippen molar-refractivity contribution in [2.75, 3.05) is 0 Å². The summed E-state index contributed by atoms with van der Waals surface area (Å²) in [5.74, 6) is -1.81. The van der Waals surface area contributed by atoms with Crippen molar-refractivity contribution in [3.8, 4) is 5.75 Å². The number of aliphatic hydroxyl groups is 1. The molecule has 0 saturated carbocycles. The fourth-order valence-corrected chi connectivity index (χ4v) is 1.08. The molecule has 0 aliphatic carbocycles. The molecular formula is C9H8F3NO3. The number of carbonyl (C=O) groups is 1. The van der Waals surface area contributed by atoms with Gasteiger partial charge >= 0.3 is 6.36 Å². The molecule has 1 unspecified atom stereocenters. The molecule has 4 nitrogen and oxygen atoms in total. The maximum absolute atomic E-state index is 12.0. The average Bonchev–Trinajstić information content (AvgIpc) is 2.15. The van der Waals surface area contributed by atoms with Crippen LogP contribution >= 0.6 is 0 Å². The number of para-hydroxylation sites is 1. The van der Waals surface area contributed by atoms with Gasteiger partial charge in [-0.15, -0.1) is 13.2 Å². The van der Waals surface area contributed by atoms with E-state index in [1.54, 1.807) is 0 Å². The maximum Gasteiger partial charge on any atom is 0.573 e. The van der Waals surface area contributed by atoms with Crippen molar-refractivity contribution in [3.05, 3.63) is 29.8 Å². The summed E-state index contributed by atoms with van der Waals surface area (Å²) in [4.78, 5) is 10.7. The fraction of sp³-hybridized carbons (Fsp3) is 0.222. The minimum Gasteiger partial charge on any atom is -0.405 e. The van der Waals surface area contributed by atoms with E-state index in [2.05, 4.69) is 4.74 Å². The molecule has 1 aromatic carbocycles. The van der Waals surface area contributed by atoms with Gasteiger partial charge < -0.3 is 15.6 Å². The highest BCUT2D eigenvalue weighted by atomic mass is 19.4. The molecule has 7 heteroatoms. The first kappa shape index (κ1) is 12.3. The van der Waals surface area contributed by atoms with Crippen molar-refractivity contribution in [1.82, 2.24) is 0 Å². The molecule has 1 atom stereocenters. The second-order valence-electron chi connectivity index (χ2n) is 2.89. The minimum absolute atomic E-state index is 0.327. The van der Waals surface area contributed by atoms with E-state index < -0.39 is 24.1 Å². The SMILES string of the molecule is NC(=O)C(O)c1ccccc1OC(F)(F)F. The zero-order valence-electron chi connectivity index (χ0n) is 7.86. The van der Waals surface area contributed by atoms with E-state index in [1.165, 1.54) is 12.1 Å². The molecule has 3 N–H and O–H groups in total. The number of hydrogen-bond donors (Lipinski definition) is 2. The number of rotatable bonds is 3. The van der Waals surface area contributed by atoms with Gasteiger partial charge in [0.05, 0.1) is 0 Å². The van der Waals surface area contributed by atoms with Crippen LogP contribution in [0.1, 0.15) is 11.7 Å². The summed E-state index contributed by atoms with van der Waals surface area (Å²) in [7, 11) is 0. The molecule has 0 heterocycles. The lowest BCUT2D eigenvalue weighted by atomic mass is 10.1. The average molecular weight is 235 g/mol. The lowest BCUT2D eigenvalue weighted by Gasteiger charge is -2.14. The summed E-state index contributed by atoms with van der Waals surface area (Å²) in [5.41, 5.74) is 4.45. The van der Waals surface area contributed by atoms with Gasteiger partial charge in [-0.3, -0.25) is 4.79 Å². The number of alkyl halides is 3. The van der Waals surface area contributed by atoms with Crippen LogP contribution in [0.25, 0.3) is 0 Å². The monoisotopic (exact) mass is 235 g/mol. The topological polar surface area (TPSA) is 72.6 Å². The molecule has 88 valence electrons. The van der Waals surface area contributed by atoms with Gasteiger partial charge in [-0.05, 0) is 6.07 Å². The van der Waals surface area contributed by atoms with Crippen LogP contribution < -0.4 is 10.5 Å². The van der Waals surface area contributed by atoms with E-state index in [9.17, 15) is 23.1 Å². The van der Waals surface area contributed by atoms with Crippen molar-refractivity contribution < 1.29 is 27.8 Å². The third kappa shape index (κ3) is 3.13. The fourth-order valence-electron chi connectivity index (χ4n) is 1.08. The molecule has 0 spiro atoms. The Morgan fingerprint density at radius 2 is 1.94 bits per heavy atom. The van der Waals surface area contributed by atoms with E-state index >= 15 is 0 Å². The summed E-state index contributed by atoms with van der Waals surface area (Å²) in [6.07, 6.45) is -6.73.